The molecule has 3 rings (SSSR count). The van der Waals surface area contributed by atoms with Gasteiger partial charge in [0.1, 0.15) is 0 Å². The van der Waals surface area contributed by atoms with E-state index in [-0.39, 0.29) is 6.04 Å². The third-order valence-electron chi connectivity index (χ3n) is 3.76. The first-order chi connectivity index (χ1) is 10.1. The molecule has 1 heterocycles. The number of halogens is 1. The molecule has 1 atom stereocenters. The molecule has 0 saturated heterocycles. The summed E-state index contributed by atoms with van der Waals surface area (Å²) in [6, 6.07) is 16.5. The van der Waals surface area contributed by atoms with Gasteiger partial charge in [0.2, 0.25) is 0 Å². The standard InChI is InChI=1S/C17H18ClN3/c1-12(13-6-5-7-14(18)10-13)19-11-16-15-8-3-4-9-17(15)21(2)20-16/h3-10,12,19H,11H2,1-2H3. The minimum Gasteiger partial charge on any atom is -0.304 e. The lowest BCUT2D eigenvalue weighted by atomic mass is 10.1. The average molecular weight is 300 g/mol. The zero-order valence-corrected chi connectivity index (χ0v) is 12.9. The van der Waals surface area contributed by atoms with Gasteiger partial charge >= 0.3 is 0 Å². The van der Waals surface area contributed by atoms with Gasteiger partial charge in [0.15, 0.2) is 0 Å². The van der Waals surface area contributed by atoms with Crippen molar-refractivity contribution in [2.75, 3.05) is 0 Å². The van der Waals surface area contributed by atoms with Crippen LogP contribution in [0.3, 0.4) is 0 Å². The second-order valence-electron chi connectivity index (χ2n) is 5.25. The third-order valence-corrected chi connectivity index (χ3v) is 3.99. The van der Waals surface area contributed by atoms with Crippen LogP contribution in [0.2, 0.25) is 5.02 Å². The fourth-order valence-corrected chi connectivity index (χ4v) is 2.76. The Bertz CT molecular complexity index is 764. The number of benzene rings is 2. The van der Waals surface area contributed by atoms with Crippen LogP contribution in [0.5, 0.6) is 0 Å². The maximum Gasteiger partial charge on any atom is 0.0841 e. The molecule has 0 saturated carbocycles. The Kier molecular flexibility index (Phi) is 3.95. The van der Waals surface area contributed by atoms with Crippen molar-refractivity contribution < 1.29 is 0 Å². The molecule has 0 aliphatic heterocycles. The molecule has 0 amide bonds. The third kappa shape index (κ3) is 2.94. The second-order valence-corrected chi connectivity index (χ2v) is 5.68. The molecule has 0 fully saturated rings. The fourth-order valence-electron chi connectivity index (χ4n) is 2.56. The van der Waals surface area contributed by atoms with Gasteiger partial charge in [-0.15, -0.1) is 0 Å². The number of fused-ring (bicyclic) bond motifs is 1. The van der Waals surface area contributed by atoms with E-state index >= 15 is 0 Å². The summed E-state index contributed by atoms with van der Waals surface area (Å²) in [5, 5.41) is 10.1. The van der Waals surface area contributed by atoms with E-state index in [1.807, 2.05) is 42.1 Å². The van der Waals surface area contributed by atoms with E-state index in [9.17, 15) is 0 Å². The largest absolute Gasteiger partial charge is 0.304 e. The van der Waals surface area contributed by atoms with E-state index in [0.29, 0.717) is 0 Å². The Hall–Kier alpha value is -1.84. The number of aromatic nitrogens is 2. The lowest BCUT2D eigenvalue weighted by Gasteiger charge is -2.13. The zero-order chi connectivity index (χ0) is 14.8. The number of hydrogen-bond donors (Lipinski definition) is 1. The molecule has 0 spiro atoms. The van der Waals surface area contributed by atoms with Crippen molar-refractivity contribution in [3.05, 3.63) is 64.8 Å². The van der Waals surface area contributed by atoms with Crippen LogP contribution in [-0.2, 0) is 13.6 Å². The van der Waals surface area contributed by atoms with E-state index in [2.05, 4.69) is 35.5 Å². The number of aryl methyl sites for hydroxylation is 1. The Morgan fingerprint density at radius 3 is 2.81 bits per heavy atom. The van der Waals surface area contributed by atoms with Crippen LogP contribution in [0, 0.1) is 0 Å². The van der Waals surface area contributed by atoms with E-state index < -0.39 is 0 Å². The van der Waals surface area contributed by atoms with Gasteiger partial charge < -0.3 is 5.32 Å². The van der Waals surface area contributed by atoms with Gasteiger partial charge in [-0.1, -0.05) is 41.9 Å². The van der Waals surface area contributed by atoms with Crippen LogP contribution in [0.4, 0.5) is 0 Å². The van der Waals surface area contributed by atoms with Crippen LogP contribution in [0.1, 0.15) is 24.2 Å². The maximum absolute atomic E-state index is 6.04. The lowest BCUT2D eigenvalue weighted by molar-refractivity contribution is 0.564. The van der Waals surface area contributed by atoms with E-state index in [1.54, 1.807) is 0 Å². The molecule has 1 unspecified atom stereocenters. The van der Waals surface area contributed by atoms with Gasteiger partial charge in [-0.25, -0.2) is 0 Å². The normalized spacial score (nSPS) is 12.7. The van der Waals surface area contributed by atoms with Gasteiger partial charge in [-0.05, 0) is 30.7 Å². The quantitative estimate of drug-likeness (QED) is 0.787. The van der Waals surface area contributed by atoms with E-state index in [0.717, 1.165) is 22.8 Å². The Morgan fingerprint density at radius 1 is 1.19 bits per heavy atom. The Morgan fingerprint density at radius 2 is 2.00 bits per heavy atom. The minimum absolute atomic E-state index is 0.226. The highest BCUT2D eigenvalue weighted by Crippen LogP contribution is 2.20. The van der Waals surface area contributed by atoms with E-state index in [4.69, 9.17) is 11.6 Å². The highest BCUT2D eigenvalue weighted by molar-refractivity contribution is 6.30. The molecule has 0 aliphatic rings. The molecule has 108 valence electrons. The first-order valence-electron chi connectivity index (χ1n) is 7.04. The molecule has 0 radical (unpaired) electrons. The summed E-state index contributed by atoms with van der Waals surface area (Å²) in [5.41, 5.74) is 3.41. The molecule has 0 aliphatic carbocycles. The van der Waals surface area contributed by atoms with E-state index in [1.165, 1.54) is 10.9 Å². The van der Waals surface area contributed by atoms with Crippen molar-refractivity contribution in [2.24, 2.45) is 7.05 Å². The van der Waals surface area contributed by atoms with Crippen molar-refractivity contribution in [1.29, 1.82) is 0 Å². The van der Waals surface area contributed by atoms with Gasteiger partial charge in [0.25, 0.3) is 0 Å². The summed E-state index contributed by atoms with van der Waals surface area (Å²) in [7, 11) is 1.98. The molecular formula is C17H18ClN3. The number of hydrogen-bond acceptors (Lipinski definition) is 2. The molecule has 4 heteroatoms. The number of nitrogens with one attached hydrogen (secondary N) is 1. The van der Waals surface area contributed by atoms with Crippen LogP contribution in [0.15, 0.2) is 48.5 Å². The highest BCUT2D eigenvalue weighted by atomic mass is 35.5. The molecule has 2 aromatic carbocycles. The van der Waals surface area contributed by atoms with Crippen LogP contribution in [-0.4, -0.2) is 9.78 Å². The van der Waals surface area contributed by atoms with Crippen molar-refractivity contribution in [3.63, 3.8) is 0 Å². The summed E-state index contributed by atoms with van der Waals surface area (Å²) in [6.07, 6.45) is 0. The summed E-state index contributed by atoms with van der Waals surface area (Å²) in [5.74, 6) is 0. The van der Waals surface area contributed by atoms with Crippen molar-refractivity contribution in [1.82, 2.24) is 15.1 Å². The smallest absolute Gasteiger partial charge is 0.0841 e. The molecular weight excluding hydrogens is 282 g/mol. The molecule has 3 aromatic rings. The molecule has 0 bridgehead atoms. The van der Waals surface area contributed by atoms with Crippen LogP contribution < -0.4 is 5.32 Å². The summed E-state index contributed by atoms with van der Waals surface area (Å²) in [6.45, 7) is 2.87. The average Bonchev–Trinajstić information content (AvgIpc) is 2.82. The van der Waals surface area contributed by atoms with Gasteiger partial charge in [0.05, 0.1) is 11.2 Å². The topological polar surface area (TPSA) is 29.9 Å². The highest BCUT2D eigenvalue weighted by Gasteiger charge is 2.10. The van der Waals surface area contributed by atoms with Gasteiger partial charge in [-0.3, -0.25) is 4.68 Å². The second kappa shape index (κ2) is 5.88. The van der Waals surface area contributed by atoms with Crippen LogP contribution in [0.25, 0.3) is 10.9 Å². The Balaban J connectivity index is 1.77. The van der Waals surface area contributed by atoms with Gasteiger partial charge in [0, 0.05) is 30.0 Å². The molecule has 21 heavy (non-hydrogen) atoms. The van der Waals surface area contributed by atoms with Crippen molar-refractivity contribution in [2.45, 2.75) is 19.5 Å². The predicted molar refractivity (Wildman–Crippen MR) is 87.4 cm³/mol. The fraction of sp³-hybridized carbons (Fsp3) is 0.235. The number of nitrogens with zero attached hydrogens (tertiary/aromatic N) is 2. The SMILES string of the molecule is CC(NCc1nn(C)c2ccccc12)c1cccc(Cl)c1. The number of rotatable bonds is 4. The minimum atomic E-state index is 0.226. The monoisotopic (exact) mass is 299 g/mol. The maximum atomic E-state index is 6.04. The first-order valence-corrected chi connectivity index (χ1v) is 7.42. The number of para-hydroxylation sites is 1. The van der Waals surface area contributed by atoms with Crippen molar-refractivity contribution >= 4 is 22.5 Å². The van der Waals surface area contributed by atoms with Crippen LogP contribution >= 0.6 is 11.6 Å². The predicted octanol–water partition coefficient (Wildman–Crippen LogP) is 4.08. The molecule has 1 aromatic heterocycles. The van der Waals surface area contributed by atoms with Gasteiger partial charge in [-0.2, -0.15) is 5.10 Å². The molecule has 3 nitrogen and oxygen atoms in total. The Labute approximate surface area is 129 Å². The van der Waals surface area contributed by atoms with Crippen molar-refractivity contribution in [3.8, 4) is 0 Å². The molecule has 1 N–H and O–H groups in total. The lowest BCUT2D eigenvalue weighted by Crippen LogP contribution is -2.18. The zero-order valence-electron chi connectivity index (χ0n) is 12.2. The summed E-state index contributed by atoms with van der Waals surface area (Å²) >= 11 is 6.04. The first kappa shape index (κ1) is 14.1. The summed E-state index contributed by atoms with van der Waals surface area (Å²) in [4.78, 5) is 0. The summed E-state index contributed by atoms with van der Waals surface area (Å²) < 4.78 is 1.93.